The summed E-state index contributed by atoms with van der Waals surface area (Å²) in [5.41, 5.74) is 4.31. The van der Waals surface area contributed by atoms with Gasteiger partial charge in [-0.15, -0.1) is 0 Å². The number of halogens is 4. The van der Waals surface area contributed by atoms with E-state index in [-0.39, 0.29) is 28.8 Å². The SMILES string of the molecule is NC(=O)c1cnc(Cl)nc1NCc1ccccc1C(F)(F)F. The van der Waals surface area contributed by atoms with Crippen LogP contribution < -0.4 is 11.1 Å². The lowest BCUT2D eigenvalue weighted by molar-refractivity contribution is -0.138. The highest BCUT2D eigenvalue weighted by Gasteiger charge is 2.32. The molecule has 0 aliphatic heterocycles. The molecule has 0 unspecified atom stereocenters. The predicted molar refractivity (Wildman–Crippen MR) is 74.3 cm³/mol. The molecular weight excluding hydrogens is 321 g/mol. The molecule has 1 aromatic carbocycles. The minimum absolute atomic E-state index is 0.000144. The number of hydrogen-bond donors (Lipinski definition) is 2. The van der Waals surface area contributed by atoms with Crippen molar-refractivity contribution in [1.29, 1.82) is 0 Å². The van der Waals surface area contributed by atoms with Crippen molar-refractivity contribution in [3.8, 4) is 0 Å². The molecule has 1 aromatic heterocycles. The molecule has 0 aliphatic rings. The van der Waals surface area contributed by atoms with Crippen LogP contribution in [-0.4, -0.2) is 15.9 Å². The molecule has 0 spiro atoms. The number of nitrogens with two attached hydrogens (primary N) is 1. The topological polar surface area (TPSA) is 80.9 Å². The first-order valence-corrected chi connectivity index (χ1v) is 6.38. The van der Waals surface area contributed by atoms with Gasteiger partial charge in [-0.1, -0.05) is 18.2 Å². The molecule has 1 amide bonds. The summed E-state index contributed by atoms with van der Waals surface area (Å²) >= 11 is 5.61. The smallest absolute Gasteiger partial charge is 0.365 e. The molecular formula is C13H10ClF3N4O. The van der Waals surface area contributed by atoms with Crippen LogP contribution in [0.25, 0.3) is 0 Å². The van der Waals surface area contributed by atoms with E-state index in [9.17, 15) is 18.0 Å². The van der Waals surface area contributed by atoms with Gasteiger partial charge in [-0.25, -0.2) is 4.98 Å². The summed E-state index contributed by atoms with van der Waals surface area (Å²) in [6, 6.07) is 5.07. The lowest BCUT2D eigenvalue weighted by atomic mass is 10.1. The number of rotatable bonds is 4. The van der Waals surface area contributed by atoms with Gasteiger partial charge in [0.05, 0.1) is 11.1 Å². The van der Waals surface area contributed by atoms with E-state index < -0.39 is 17.6 Å². The van der Waals surface area contributed by atoms with Crippen LogP contribution in [-0.2, 0) is 12.7 Å². The van der Waals surface area contributed by atoms with E-state index in [1.165, 1.54) is 18.2 Å². The minimum atomic E-state index is -4.48. The van der Waals surface area contributed by atoms with Crippen molar-refractivity contribution in [2.45, 2.75) is 12.7 Å². The number of aromatic nitrogens is 2. The zero-order chi connectivity index (χ0) is 16.3. The van der Waals surface area contributed by atoms with E-state index in [4.69, 9.17) is 17.3 Å². The molecule has 116 valence electrons. The third kappa shape index (κ3) is 3.64. The molecule has 5 nitrogen and oxygen atoms in total. The number of carbonyl (C=O) groups excluding carboxylic acids is 1. The van der Waals surface area contributed by atoms with Crippen LogP contribution in [0.2, 0.25) is 5.28 Å². The Morgan fingerprint density at radius 3 is 2.64 bits per heavy atom. The first kappa shape index (κ1) is 16.0. The maximum absolute atomic E-state index is 12.9. The van der Waals surface area contributed by atoms with Crippen LogP contribution in [0, 0.1) is 0 Å². The van der Waals surface area contributed by atoms with Crippen molar-refractivity contribution in [1.82, 2.24) is 9.97 Å². The second-order valence-corrected chi connectivity index (χ2v) is 4.61. The fourth-order valence-corrected chi connectivity index (χ4v) is 1.94. The Morgan fingerprint density at radius 1 is 1.32 bits per heavy atom. The highest BCUT2D eigenvalue weighted by Crippen LogP contribution is 2.32. The normalized spacial score (nSPS) is 11.3. The number of alkyl halides is 3. The lowest BCUT2D eigenvalue weighted by Crippen LogP contribution is -2.17. The summed E-state index contributed by atoms with van der Waals surface area (Å²) in [5, 5.41) is 2.47. The van der Waals surface area contributed by atoms with Gasteiger partial charge < -0.3 is 11.1 Å². The Morgan fingerprint density at radius 2 is 2.00 bits per heavy atom. The van der Waals surface area contributed by atoms with E-state index in [0.29, 0.717) is 0 Å². The summed E-state index contributed by atoms with van der Waals surface area (Å²) in [5.74, 6) is -0.840. The fraction of sp³-hybridized carbons (Fsp3) is 0.154. The fourth-order valence-electron chi connectivity index (χ4n) is 1.81. The number of primary amides is 1. The van der Waals surface area contributed by atoms with E-state index in [0.717, 1.165) is 12.3 Å². The van der Waals surface area contributed by atoms with Crippen LogP contribution in [0.1, 0.15) is 21.5 Å². The van der Waals surface area contributed by atoms with Crippen molar-refractivity contribution in [3.05, 3.63) is 52.4 Å². The summed E-state index contributed by atoms with van der Waals surface area (Å²) < 4.78 is 38.7. The summed E-state index contributed by atoms with van der Waals surface area (Å²) in [6.07, 6.45) is -3.37. The molecule has 0 saturated carbocycles. The van der Waals surface area contributed by atoms with Crippen LogP contribution >= 0.6 is 11.6 Å². The van der Waals surface area contributed by atoms with Gasteiger partial charge >= 0.3 is 6.18 Å². The van der Waals surface area contributed by atoms with E-state index in [2.05, 4.69) is 15.3 Å². The van der Waals surface area contributed by atoms with Gasteiger partial charge in [0, 0.05) is 12.7 Å². The highest BCUT2D eigenvalue weighted by atomic mass is 35.5. The maximum atomic E-state index is 12.9. The molecule has 22 heavy (non-hydrogen) atoms. The Balaban J connectivity index is 2.28. The van der Waals surface area contributed by atoms with E-state index in [1.807, 2.05) is 0 Å². The molecule has 0 atom stereocenters. The standard InChI is InChI=1S/C13H10ClF3N4O/c14-12-20-6-8(10(18)22)11(21-12)19-5-7-3-1-2-4-9(7)13(15,16)17/h1-4,6H,5H2,(H2,18,22)(H,19,20,21). The van der Waals surface area contributed by atoms with Crippen LogP contribution in [0.4, 0.5) is 19.0 Å². The molecule has 2 aromatic rings. The van der Waals surface area contributed by atoms with Gasteiger partial charge in [-0.2, -0.15) is 18.2 Å². The van der Waals surface area contributed by atoms with Crippen LogP contribution in [0.5, 0.6) is 0 Å². The number of nitrogens with one attached hydrogen (secondary N) is 1. The number of amides is 1. The largest absolute Gasteiger partial charge is 0.416 e. The molecule has 0 aliphatic carbocycles. The first-order chi connectivity index (χ1) is 10.3. The average Bonchev–Trinajstić information content (AvgIpc) is 2.44. The van der Waals surface area contributed by atoms with Crippen molar-refractivity contribution < 1.29 is 18.0 Å². The van der Waals surface area contributed by atoms with Gasteiger partial charge in [-0.3, -0.25) is 4.79 Å². The monoisotopic (exact) mass is 330 g/mol. The number of nitrogens with zero attached hydrogens (tertiary/aromatic N) is 2. The number of carbonyl (C=O) groups is 1. The summed E-state index contributed by atoms with van der Waals surface area (Å²) in [6.45, 7) is -0.205. The zero-order valence-electron chi connectivity index (χ0n) is 11.0. The number of hydrogen-bond acceptors (Lipinski definition) is 4. The van der Waals surface area contributed by atoms with Crippen molar-refractivity contribution in [2.75, 3.05) is 5.32 Å². The van der Waals surface area contributed by atoms with Gasteiger partial charge in [0.25, 0.3) is 5.91 Å². The average molecular weight is 331 g/mol. The predicted octanol–water partition coefficient (Wildman–Crippen LogP) is 2.86. The quantitative estimate of drug-likeness (QED) is 0.845. The first-order valence-electron chi connectivity index (χ1n) is 6.00. The van der Waals surface area contributed by atoms with Gasteiger partial charge in [0.15, 0.2) is 0 Å². The van der Waals surface area contributed by atoms with Crippen molar-refractivity contribution in [2.24, 2.45) is 5.73 Å². The van der Waals surface area contributed by atoms with Crippen molar-refractivity contribution >= 4 is 23.3 Å². The van der Waals surface area contributed by atoms with Crippen molar-refractivity contribution in [3.63, 3.8) is 0 Å². The molecule has 0 fully saturated rings. The van der Waals surface area contributed by atoms with E-state index >= 15 is 0 Å². The van der Waals surface area contributed by atoms with Gasteiger partial charge in [-0.05, 0) is 23.2 Å². The molecule has 3 N–H and O–H groups in total. The Hall–Kier alpha value is -2.35. The third-order valence-corrected chi connectivity index (χ3v) is 2.98. The van der Waals surface area contributed by atoms with Gasteiger partial charge in [0.1, 0.15) is 5.82 Å². The van der Waals surface area contributed by atoms with Crippen LogP contribution in [0.3, 0.4) is 0 Å². The number of anilines is 1. The van der Waals surface area contributed by atoms with Gasteiger partial charge in [0.2, 0.25) is 5.28 Å². The van der Waals surface area contributed by atoms with E-state index in [1.54, 1.807) is 0 Å². The second-order valence-electron chi connectivity index (χ2n) is 4.27. The van der Waals surface area contributed by atoms with Crippen LogP contribution in [0.15, 0.2) is 30.5 Å². The Bertz CT molecular complexity index is 706. The third-order valence-electron chi connectivity index (χ3n) is 2.79. The minimum Gasteiger partial charge on any atom is -0.365 e. The molecule has 2 rings (SSSR count). The maximum Gasteiger partial charge on any atom is 0.416 e. The molecule has 1 heterocycles. The molecule has 9 heteroatoms. The lowest BCUT2D eigenvalue weighted by Gasteiger charge is -2.14. The summed E-state index contributed by atoms with van der Waals surface area (Å²) in [7, 11) is 0. The second kappa shape index (κ2) is 6.18. The molecule has 0 radical (unpaired) electrons. The molecule has 0 saturated heterocycles. The molecule has 0 bridgehead atoms. The summed E-state index contributed by atoms with van der Waals surface area (Å²) in [4.78, 5) is 18.6. The number of benzene rings is 1. The highest BCUT2D eigenvalue weighted by molar-refractivity contribution is 6.28. The Kier molecular flexibility index (Phi) is 4.51. The Labute approximate surface area is 128 Å². The zero-order valence-corrected chi connectivity index (χ0v) is 11.7.